The van der Waals surface area contributed by atoms with E-state index in [1.807, 2.05) is 6.07 Å². The SMILES string of the molecule is Cc1sc(-c2nc(-c3cccc(Cl)c3)no2)cc1S(=O)(=O)N1CCC2(CC1)OCCO2. The lowest BCUT2D eigenvalue weighted by molar-refractivity contribution is -0.179. The maximum Gasteiger partial charge on any atom is 0.268 e. The summed E-state index contributed by atoms with van der Waals surface area (Å²) in [6.45, 7) is 3.60. The summed E-state index contributed by atoms with van der Waals surface area (Å²) in [6.07, 6.45) is 1.05. The minimum Gasteiger partial charge on any atom is -0.347 e. The number of thiophene rings is 1. The first-order chi connectivity index (χ1) is 14.9. The molecule has 1 spiro atoms. The molecule has 4 heterocycles. The zero-order valence-electron chi connectivity index (χ0n) is 16.7. The molecule has 0 aliphatic carbocycles. The van der Waals surface area contributed by atoms with Crippen LogP contribution in [0.3, 0.4) is 0 Å². The summed E-state index contributed by atoms with van der Waals surface area (Å²) >= 11 is 7.35. The molecule has 164 valence electrons. The summed E-state index contributed by atoms with van der Waals surface area (Å²) in [5, 5.41) is 4.58. The van der Waals surface area contributed by atoms with Crippen LogP contribution in [-0.4, -0.2) is 55.0 Å². The molecule has 2 saturated heterocycles. The highest BCUT2D eigenvalue weighted by Crippen LogP contribution is 2.38. The third-order valence-electron chi connectivity index (χ3n) is 5.51. The normalized spacial score (nSPS) is 19.3. The Bertz CT molecular complexity index is 1210. The van der Waals surface area contributed by atoms with E-state index in [0.29, 0.717) is 59.7 Å². The predicted molar refractivity (Wildman–Crippen MR) is 115 cm³/mol. The number of ether oxygens (including phenoxy) is 2. The fourth-order valence-corrected chi connectivity index (χ4v) is 7.00. The maximum atomic E-state index is 13.3. The van der Waals surface area contributed by atoms with E-state index in [4.69, 9.17) is 25.6 Å². The van der Waals surface area contributed by atoms with Crippen molar-refractivity contribution in [3.63, 3.8) is 0 Å². The van der Waals surface area contributed by atoms with E-state index in [-0.39, 0.29) is 10.8 Å². The lowest BCUT2D eigenvalue weighted by Gasteiger charge is -2.36. The Kier molecular flexibility index (Phi) is 5.40. The molecule has 0 atom stereocenters. The topological polar surface area (TPSA) is 94.8 Å². The van der Waals surface area contributed by atoms with Crippen LogP contribution in [0.25, 0.3) is 22.2 Å². The van der Waals surface area contributed by atoms with E-state index in [9.17, 15) is 8.42 Å². The van der Waals surface area contributed by atoms with Gasteiger partial charge in [0, 0.05) is 41.4 Å². The monoisotopic (exact) mass is 481 g/mol. The lowest BCUT2D eigenvalue weighted by Crippen LogP contribution is -2.47. The molecule has 0 saturated carbocycles. The Labute approximate surface area is 188 Å². The van der Waals surface area contributed by atoms with Gasteiger partial charge in [0.15, 0.2) is 5.79 Å². The van der Waals surface area contributed by atoms with Crippen molar-refractivity contribution < 1.29 is 22.4 Å². The first-order valence-corrected chi connectivity index (χ1v) is 12.5. The fraction of sp³-hybridized carbons (Fsp3) is 0.400. The Balaban J connectivity index is 1.38. The Morgan fingerprint density at radius 1 is 1.16 bits per heavy atom. The summed E-state index contributed by atoms with van der Waals surface area (Å²) in [5.74, 6) is 0.0437. The number of nitrogens with zero attached hydrogens (tertiary/aromatic N) is 3. The summed E-state index contributed by atoms with van der Waals surface area (Å²) in [4.78, 5) is 5.96. The summed E-state index contributed by atoms with van der Waals surface area (Å²) in [5.41, 5.74) is 0.724. The van der Waals surface area contributed by atoms with Crippen molar-refractivity contribution in [3.8, 4) is 22.2 Å². The highest BCUT2D eigenvalue weighted by atomic mass is 35.5. The van der Waals surface area contributed by atoms with E-state index in [0.717, 1.165) is 5.56 Å². The Morgan fingerprint density at radius 2 is 1.90 bits per heavy atom. The van der Waals surface area contributed by atoms with Crippen LogP contribution < -0.4 is 0 Å². The summed E-state index contributed by atoms with van der Waals surface area (Å²) < 4.78 is 44.9. The van der Waals surface area contributed by atoms with Crippen molar-refractivity contribution >= 4 is 33.0 Å². The number of halogens is 1. The van der Waals surface area contributed by atoms with Gasteiger partial charge in [0.2, 0.25) is 15.8 Å². The van der Waals surface area contributed by atoms with Gasteiger partial charge in [0.25, 0.3) is 5.89 Å². The van der Waals surface area contributed by atoms with Crippen molar-refractivity contribution in [2.24, 2.45) is 0 Å². The van der Waals surface area contributed by atoms with Gasteiger partial charge in [-0.25, -0.2) is 8.42 Å². The van der Waals surface area contributed by atoms with Crippen LogP contribution in [0.2, 0.25) is 5.02 Å². The van der Waals surface area contributed by atoms with Gasteiger partial charge in [-0.15, -0.1) is 11.3 Å². The van der Waals surface area contributed by atoms with E-state index >= 15 is 0 Å². The average Bonchev–Trinajstić information content (AvgIpc) is 3.48. The number of piperidine rings is 1. The molecule has 0 bridgehead atoms. The smallest absolute Gasteiger partial charge is 0.268 e. The second-order valence-electron chi connectivity index (χ2n) is 7.48. The third kappa shape index (κ3) is 3.92. The van der Waals surface area contributed by atoms with Crippen LogP contribution in [0, 0.1) is 6.92 Å². The molecule has 31 heavy (non-hydrogen) atoms. The molecule has 0 amide bonds. The number of sulfonamides is 1. The quantitative estimate of drug-likeness (QED) is 0.556. The third-order valence-corrected chi connectivity index (χ3v) is 8.94. The lowest BCUT2D eigenvalue weighted by atomic mass is 10.1. The van der Waals surface area contributed by atoms with Crippen LogP contribution in [0.1, 0.15) is 17.7 Å². The molecule has 11 heteroatoms. The van der Waals surface area contributed by atoms with Crippen molar-refractivity contribution in [3.05, 3.63) is 40.2 Å². The van der Waals surface area contributed by atoms with Crippen LogP contribution >= 0.6 is 22.9 Å². The van der Waals surface area contributed by atoms with Crippen LogP contribution in [-0.2, 0) is 19.5 Å². The first-order valence-electron chi connectivity index (χ1n) is 9.85. The molecule has 0 N–H and O–H groups in total. The second kappa shape index (κ2) is 7.95. The van der Waals surface area contributed by atoms with Gasteiger partial charge >= 0.3 is 0 Å². The van der Waals surface area contributed by atoms with Crippen molar-refractivity contribution in [2.45, 2.75) is 30.4 Å². The molecular formula is C20H20ClN3O5S2. The largest absolute Gasteiger partial charge is 0.347 e. The zero-order valence-corrected chi connectivity index (χ0v) is 19.1. The van der Waals surface area contributed by atoms with Gasteiger partial charge in [-0.3, -0.25) is 0 Å². The molecule has 2 aliphatic heterocycles. The number of aromatic nitrogens is 2. The number of aryl methyl sites for hydroxylation is 1. The Hall–Kier alpha value is -1.82. The fourth-order valence-electron chi connectivity index (χ4n) is 3.89. The summed E-state index contributed by atoms with van der Waals surface area (Å²) in [7, 11) is -3.65. The highest BCUT2D eigenvalue weighted by Gasteiger charge is 2.43. The van der Waals surface area contributed by atoms with Gasteiger partial charge in [-0.2, -0.15) is 9.29 Å². The summed E-state index contributed by atoms with van der Waals surface area (Å²) in [6, 6.07) is 8.75. The van der Waals surface area contributed by atoms with Gasteiger partial charge < -0.3 is 14.0 Å². The molecule has 2 aromatic heterocycles. The van der Waals surface area contributed by atoms with Gasteiger partial charge in [-0.1, -0.05) is 28.9 Å². The van der Waals surface area contributed by atoms with Crippen molar-refractivity contribution in [2.75, 3.05) is 26.3 Å². The number of hydrogen-bond acceptors (Lipinski definition) is 8. The molecule has 5 rings (SSSR count). The van der Waals surface area contributed by atoms with E-state index < -0.39 is 15.8 Å². The van der Waals surface area contributed by atoms with Gasteiger partial charge in [-0.05, 0) is 25.1 Å². The molecular weight excluding hydrogens is 462 g/mol. The average molecular weight is 482 g/mol. The molecule has 8 nitrogen and oxygen atoms in total. The standard InChI is InChI=1S/C20H20ClN3O5S2/c1-13-17(31(25,26)24-7-5-20(6-8-24)27-9-10-28-20)12-16(30-13)19-22-18(23-29-19)14-3-2-4-15(21)11-14/h2-4,11-12H,5-10H2,1H3. The zero-order chi connectivity index (χ0) is 21.6. The minimum atomic E-state index is -3.65. The van der Waals surface area contributed by atoms with E-state index in [1.165, 1.54) is 15.6 Å². The Morgan fingerprint density at radius 3 is 2.61 bits per heavy atom. The molecule has 1 aromatic carbocycles. The van der Waals surface area contributed by atoms with Gasteiger partial charge in [0.05, 0.1) is 23.0 Å². The highest BCUT2D eigenvalue weighted by molar-refractivity contribution is 7.89. The predicted octanol–water partition coefficient (Wildman–Crippen LogP) is 3.95. The molecule has 3 aromatic rings. The first kappa shape index (κ1) is 21.0. The van der Waals surface area contributed by atoms with Crippen LogP contribution in [0.15, 0.2) is 39.8 Å². The van der Waals surface area contributed by atoms with Crippen LogP contribution in [0.4, 0.5) is 0 Å². The van der Waals surface area contributed by atoms with Crippen molar-refractivity contribution in [1.82, 2.24) is 14.4 Å². The minimum absolute atomic E-state index is 0.263. The maximum absolute atomic E-state index is 13.3. The van der Waals surface area contributed by atoms with Gasteiger partial charge in [0.1, 0.15) is 0 Å². The van der Waals surface area contributed by atoms with Crippen molar-refractivity contribution in [1.29, 1.82) is 0 Å². The number of rotatable bonds is 4. The molecule has 0 radical (unpaired) electrons. The van der Waals surface area contributed by atoms with E-state index in [1.54, 1.807) is 31.2 Å². The number of hydrogen-bond donors (Lipinski definition) is 0. The molecule has 2 aliphatic rings. The van der Waals surface area contributed by atoms with Crippen LogP contribution in [0.5, 0.6) is 0 Å². The molecule has 2 fully saturated rings. The second-order valence-corrected chi connectivity index (χ2v) is 11.1. The van der Waals surface area contributed by atoms with E-state index in [2.05, 4.69) is 10.1 Å². The molecule has 0 unspecified atom stereocenters. The number of benzene rings is 1.